The highest BCUT2D eigenvalue weighted by Crippen LogP contribution is 2.38. The molecule has 0 amide bonds. The van der Waals surface area contributed by atoms with Gasteiger partial charge in [0.15, 0.2) is 0 Å². The highest BCUT2D eigenvalue weighted by Gasteiger charge is 2.33. The van der Waals surface area contributed by atoms with Crippen molar-refractivity contribution in [3.8, 4) is 0 Å². The van der Waals surface area contributed by atoms with E-state index in [0.717, 1.165) is 48.0 Å². The second kappa shape index (κ2) is 6.07. The van der Waals surface area contributed by atoms with E-state index in [1.54, 1.807) is 0 Å². The summed E-state index contributed by atoms with van der Waals surface area (Å²) < 4.78 is 2.12. The SMILES string of the molecule is CCc1nn(CC)c(CC2CCC2CNC2CC2)c1Cl. The molecule has 4 heteroatoms. The minimum absolute atomic E-state index is 0.797. The Balaban J connectivity index is 1.62. The summed E-state index contributed by atoms with van der Waals surface area (Å²) in [6.07, 6.45) is 7.52. The highest BCUT2D eigenvalue weighted by atomic mass is 35.5. The van der Waals surface area contributed by atoms with Gasteiger partial charge in [0.2, 0.25) is 0 Å². The van der Waals surface area contributed by atoms with Gasteiger partial charge in [-0.05, 0) is 63.8 Å². The maximum absolute atomic E-state index is 6.52. The molecule has 112 valence electrons. The average molecular weight is 296 g/mol. The van der Waals surface area contributed by atoms with Gasteiger partial charge in [0, 0.05) is 12.6 Å². The quantitative estimate of drug-likeness (QED) is 0.835. The number of hydrogen-bond donors (Lipinski definition) is 1. The molecular formula is C16H26ClN3. The van der Waals surface area contributed by atoms with Crippen molar-refractivity contribution in [3.05, 3.63) is 16.4 Å². The fraction of sp³-hybridized carbons (Fsp3) is 0.812. The molecule has 3 nitrogen and oxygen atoms in total. The Morgan fingerprint density at radius 1 is 1.20 bits per heavy atom. The first-order valence-electron chi connectivity index (χ1n) is 8.20. The van der Waals surface area contributed by atoms with Gasteiger partial charge in [-0.15, -0.1) is 0 Å². The van der Waals surface area contributed by atoms with Crippen LogP contribution in [0.3, 0.4) is 0 Å². The zero-order valence-corrected chi connectivity index (χ0v) is 13.4. The lowest BCUT2D eigenvalue weighted by Gasteiger charge is -2.37. The van der Waals surface area contributed by atoms with Gasteiger partial charge >= 0.3 is 0 Å². The molecule has 0 radical (unpaired) electrons. The molecule has 3 rings (SSSR count). The summed E-state index contributed by atoms with van der Waals surface area (Å²) >= 11 is 6.52. The molecule has 2 aliphatic rings. The fourth-order valence-corrected chi connectivity index (χ4v) is 3.59. The third-order valence-electron chi connectivity index (χ3n) is 4.97. The number of nitrogens with zero attached hydrogens (tertiary/aromatic N) is 2. The molecule has 2 saturated carbocycles. The van der Waals surface area contributed by atoms with Crippen molar-refractivity contribution in [2.24, 2.45) is 11.8 Å². The molecule has 1 N–H and O–H groups in total. The van der Waals surface area contributed by atoms with Gasteiger partial charge in [0.1, 0.15) is 0 Å². The zero-order valence-electron chi connectivity index (χ0n) is 12.7. The van der Waals surface area contributed by atoms with E-state index in [1.165, 1.54) is 37.9 Å². The van der Waals surface area contributed by atoms with Gasteiger partial charge in [-0.1, -0.05) is 18.5 Å². The lowest BCUT2D eigenvalue weighted by molar-refractivity contribution is 0.167. The third kappa shape index (κ3) is 2.89. The van der Waals surface area contributed by atoms with Crippen LogP contribution in [0.25, 0.3) is 0 Å². The summed E-state index contributed by atoms with van der Waals surface area (Å²) in [5.41, 5.74) is 2.34. The normalized spacial score (nSPS) is 25.8. The molecule has 2 unspecified atom stereocenters. The molecule has 2 fully saturated rings. The second-order valence-corrected chi connectivity index (χ2v) is 6.74. The summed E-state index contributed by atoms with van der Waals surface area (Å²) in [4.78, 5) is 0. The van der Waals surface area contributed by atoms with Crippen molar-refractivity contribution < 1.29 is 0 Å². The van der Waals surface area contributed by atoms with Gasteiger partial charge in [0.05, 0.1) is 16.4 Å². The third-order valence-corrected chi connectivity index (χ3v) is 5.41. The van der Waals surface area contributed by atoms with Crippen molar-refractivity contribution in [2.45, 2.75) is 65.0 Å². The summed E-state index contributed by atoms with van der Waals surface area (Å²) in [6, 6.07) is 0.827. The van der Waals surface area contributed by atoms with Gasteiger partial charge in [0.25, 0.3) is 0 Å². The molecule has 0 aliphatic heterocycles. The van der Waals surface area contributed by atoms with Crippen molar-refractivity contribution in [1.82, 2.24) is 15.1 Å². The molecule has 2 atom stereocenters. The van der Waals surface area contributed by atoms with Crippen LogP contribution >= 0.6 is 11.6 Å². The summed E-state index contributed by atoms with van der Waals surface area (Å²) in [7, 11) is 0. The van der Waals surface area contributed by atoms with Crippen LogP contribution in [-0.4, -0.2) is 22.4 Å². The van der Waals surface area contributed by atoms with Crippen LogP contribution in [0.4, 0.5) is 0 Å². The number of aromatic nitrogens is 2. The van der Waals surface area contributed by atoms with Gasteiger partial charge < -0.3 is 5.32 Å². The largest absolute Gasteiger partial charge is 0.314 e. The topological polar surface area (TPSA) is 29.9 Å². The Bertz CT molecular complexity index is 465. The molecule has 0 spiro atoms. The number of nitrogens with one attached hydrogen (secondary N) is 1. The molecular weight excluding hydrogens is 270 g/mol. The predicted molar refractivity (Wildman–Crippen MR) is 83.2 cm³/mol. The van der Waals surface area contributed by atoms with Crippen LogP contribution in [0, 0.1) is 11.8 Å². The lowest BCUT2D eigenvalue weighted by Crippen LogP contribution is -2.37. The maximum atomic E-state index is 6.52. The molecule has 0 aromatic carbocycles. The Kier molecular flexibility index (Phi) is 4.37. The smallest absolute Gasteiger partial charge is 0.0849 e. The Labute approximate surface area is 127 Å². The molecule has 0 bridgehead atoms. The second-order valence-electron chi connectivity index (χ2n) is 6.36. The van der Waals surface area contributed by atoms with Crippen LogP contribution in [0.5, 0.6) is 0 Å². The van der Waals surface area contributed by atoms with Crippen molar-refractivity contribution in [1.29, 1.82) is 0 Å². The molecule has 20 heavy (non-hydrogen) atoms. The van der Waals surface area contributed by atoms with Crippen LogP contribution in [0.2, 0.25) is 5.02 Å². The first kappa shape index (κ1) is 14.4. The van der Waals surface area contributed by atoms with E-state index in [0.29, 0.717) is 0 Å². The van der Waals surface area contributed by atoms with Crippen LogP contribution in [0.1, 0.15) is 50.9 Å². The number of aryl methyl sites for hydroxylation is 2. The van der Waals surface area contributed by atoms with E-state index in [4.69, 9.17) is 11.6 Å². The van der Waals surface area contributed by atoms with Gasteiger partial charge in [-0.2, -0.15) is 5.10 Å². The summed E-state index contributed by atoms with van der Waals surface area (Å²) in [6.45, 7) is 6.41. The predicted octanol–water partition coefficient (Wildman–Crippen LogP) is 3.44. The lowest BCUT2D eigenvalue weighted by atomic mass is 9.71. The summed E-state index contributed by atoms with van der Waals surface area (Å²) in [5.74, 6) is 1.64. The first-order chi connectivity index (χ1) is 9.72. The maximum Gasteiger partial charge on any atom is 0.0849 e. The number of hydrogen-bond acceptors (Lipinski definition) is 2. The van der Waals surface area contributed by atoms with E-state index in [2.05, 4.69) is 28.9 Å². The molecule has 1 heterocycles. The van der Waals surface area contributed by atoms with Crippen molar-refractivity contribution in [3.63, 3.8) is 0 Å². The molecule has 2 aliphatic carbocycles. The summed E-state index contributed by atoms with van der Waals surface area (Å²) in [5, 5.41) is 9.24. The fourth-order valence-electron chi connectivity index (χ4n) is 3.24. The number of rotatable bonds is 7. The highest BCUT2D eigenvalue weighted by molar-refractivity contribution is 6.31. The zero-order chi connectivity index (χ0) is 14.1. The van der Waals surface area contributed by atoms with E-state index in [1.807, 2.05) is 0 Å². The van der Waals surface area contributed by atoms with Gasteiger partial charge in [-0.3, -0.25) is 4.68 Å². The van der Waals surface area contributed by atoms with E-state index >= 15 is 0 Å². The molecule has 1 aromatic heterocycles. The Hall–Kier alpha value is -0.540. The van der Waals surface area contributed by atoms with Crippen molar-refractivity contribution in [2.75, 3.05) is 6.54 Å². The standard InChI is InChI=1S/C16H26ClN3/c1-3-14-16(17)15(20(4-2)19-14)9-11-5-6-12(11)10-18-13-7-8-13/h11-13,18H,3-10H2,1-2H3. The Morgan fingerprint density at radius 3 is 2.50 bits per heavy atom. The van der Waals surface area contributed by atoms with Crippen LogP contribution in [-0.2, 0) is 19.4 Å². The van der Waals surface area contributed by atoms with E-state index in [-0.39, 0.29) is 0 Å². The molecule has 0 saturated heterocycles. The van der Waals surface area contributed by atoms with Crippen molar-refractivity contribution >= 4 is 11.6 Å². The van der Waals surface area contributed by atoms with Gasteiger partial charge in [-0.25, -0.2) is 0 Å². The molecule has 1 aromatic rings. The minimum atomic E-state index is 0.797. The van der Waals surface area contributed by atoms with Crippen LogP contribution < -0.4 is 5.32 Å². The van der Waals surface area contributed by atoms with Crippen LogP contribution in [0.15, 0.2) is 0 Å². The average Bonchev–Trinajstić information content (AvgIpc) is 3.19. The monoisotopic (exact) mass is 295 g/mol. The van der Waals surface area contributed by atoms with E-state index < -0.39 is 0 Å². The number of halogens is 1. The first-order valence-corrected chi connectivity index (χ1v) is 8.58. The Morgan fingerprint density at radius 2 is 1.95 bits per heavy atom. The minimum Gasteiger partial charge on any atom is -0.314 e. The van der Waals surface area contributed by atoms with E-state index in [9.17, 15) is 0 Å².